The van der Waals surface area contributed by atoms with E-state index in [1.54, 1.807) is 30.1 Å². The lowest BCUT2D eigenvalue weighted by atomic mass is 10.1. The van der Waals surface area contributed by atoms with Crippen molar-refractivity contribution in [2.45, 2.75) is 6.10 Å². The molecule has 2 aromatic rings. The summed E-state index contributed by atoms with van der Waals surface area (Å²) in [5.74, 6) is 0.555. The van der Waals surface area contributed by atoms with E-state index >= 15 is 0 Å². The Morgan fingerprint density at radius 1 is 1.16 bits per heavy atom. The lowest BCUT2D eigenvalue weighted by Gasteiger charge is -2.32. The molecule has 3 rings (SSSR count). The molecular formula is C15H14N2O2. The minimum atomic E-state index is -0.611. The molecule has 1 amide bonds. The minimum absolute atomic E-state index is 0.0801. The summed E-state index contributed by atoms with van der Waals surface area (Å²) >= 11 is 0. The Morgan fingerprint density at radius 2 is 1.89 bits per heavy atom. The lowest BCUT2D eigenvalue weighted by molar-refractivity contribution is -0.126. The number of carbonyl (C=O) groups is 1. The SMILES string of the molecule is CN1C(=O)C(c2ccccc2)Oc2cc(N)ccc21. The molecule has 19 heavy (non-hydrogen) atoms. The minimum Gasteiger partial charge on any atom is -0.474 e. The van der Waals surface area contributed by atoms with Gasteiger partial charge in [0, 0.05) is 24.4 Å². The second-order valence-corrected chi connectivity index (χ2v) is 4.53. The van der Waals surface area contributed by atoms with Crippen molar-refractivity contribution in [3.63, 3.8) is 0 Å². The second kappa shape index (κ2) is 4.31. The van der Waals surface area contributed by atoms with E-state index < -0.39 is 6.10 Å². The van der Waals surface area contributed by atoms with Gasteiger partial charge < -0.3 is 15.4 Å². The van der Waals surface area contributed by atoms with E-state index in [2.05, 4.69) is 0 Å². The Morgan fingerprint density at radius 3 is 2.63 bits per heavy atom. The molecule has 4 heteroatoms. The summed E-state index contributed by atoms with van der Waals surface area (Å²) in [4.78, 5) is 14.0. The smallest absolute Gasteiger partial charge is 0.272 e. The number of hydrogen-bond donors (Lipinski definition) is 1. The number of nitrogen functional groups attached to an aromatic ring is 1. The average Bonchev–Trinajstić information content (AvgIpc) is 2.43. The third-order valence-corrected chi connectivity index (χ3v) is 3.25. The molecule has 2 N–H and O–H groups in total. The number of carbonyl (C=O) groups excluding carboxylic acids is 1. The van der Waals surface area contributed by atoms with E-state index in [1.165, 1.54) is 0 Å². The van der Waals surface area contributed by atoms with Crippen molar-refractivity contribution in [3.8, 4) is 5.75 Å². The number of likely N-dealkylation sites (N-methyl/N-ethyl adjacent to an activating group) is 1. The maximum Gasteiger partial charge on any atom is 0.272 e. The molecule has 2 aromatic carbocycles. The zero-order valence-corrected chi connectivity index (χ0v) is 10.5. The highest BCUT2D eigenvalue weighted by Crippen LogP contribution is 2.39. The number of rotatable bonds is 1. The van der Waals surface area contributed by atoms with Gasteiger partial charge >= 0.3 is 0 Å². The molecule has 0 aliphatic carbocycles. The first-order chi connectivity index (χ1) is 9.16. The van der Waals surface area contributed by atoms with Gasteiger partial charge in [-0.2, -0.15) is 0 Å². The van der Waals surface area contributed by atoms with Crippen LogP contribution in [-0.4, -0.2) is 13.0 Å². The quantitative estimate of drug-likeness (QED) is 0.795. The normalized spacial score (nSPS) is 17.8. The van der Waals surface area contributed by atoms with Gasteiger partial charge in [-0.25, -0.2) is 0 Å². The Kier molecular flexibility index (Phi) is 2.63. The van der Waals surface area contributed by atoms with E-state index in [0.29, 0.717) is 11.4 Å². The van der Waals surface area contributed by atoms with Crippen LogP contribution in [0.15, 0.2) is 48.5 Å². The molecular weight excluding hydrogens is 240 g/mol. The van der Waals surface area contributed by atoms with Crippen molar-refractivity contribution in [2.24, 2.45) is 0 Å². The fourth-order valence-electron chi connectivity index (χ4n) is 2.21. The van der Waals surface area contributed by atoms with Crippen LogP contribution in [0.4, 0.5) is 11.4 Å². The van der Waals surface area contributed by atoms with Gasteiger partial charge in [-0.1, -0.05) is 30.3 Å². The fourth-order valence-corrected chi connectivity index (χ4v) is 2.21. The molecule has 1 unspecified atom stereocenters. The van der Waals surface area contributed by atoms with Crippen LogP contribution >= 0.6 is 0 Å². The molecule has 0 bridgehead atoms. The third-order valence-electron chi connectivity index (χ3n) is 3.25. The molecule has 0 saturated heterocycles. The summed E-state index contributed by atoms with van der Waals surface area (Å²) in [7, 11) is 1.75. The van der Waals surface area contributed by atoms with Crippen LogP contribution in [0.1, 0.15) is 11.7 Å². The van der Waals surface area contributed by atoms with Gasteiger partial charge in [0.15, 0.2) is 0 Å². The van der Waals surface area contributed by atoms with Gasteiger partial charge in [0.1, 0.15) is 5.75 Å². The highest BCUT2D eigenvalue weighted by molar-refractivity contribution is 6.00. The predicted molar refractivity (Wildman–Crippen MR) is 74.1 cm³/mol. The van der Waals surface area contributed by atoms with Crippen LogP contribution in [0.25, 0.3) is 0 Å². The number of nitrogens with two attached hydrogens (primary N) is 1. The lowest BCUT2D eigenvalue weighted by Crippen LogP contribution is -2.38. The van der Waals surface area contributed by atoms with Crippen LogP contribution in [0.5, 0.6) is 5.75 Å². The maximum atomic E-state index is 12.3. The summed E-state index contributed by atoms with van der Waals surface area (Å²) < 4.78 is 5.81. The van der Waals surface area contributed by atoms with Crippen molar-refractivity contribution in [1.82, 2.24) is 0 Å². The van der Waals surface area contributed by atoms with Gasteiger partial charge in [0.05, 0.1) is 5.69 Å². The number of ether oxygens (including phenoxy) is 1. The molecule has 96 valence electrons. The topological polar surface area (TPSA) is 55.6 Å². The second-order valence-electron chi connectivity index (χ2n) is 4.53. The Balaban J connectivity index is 2.05. The largest absolute Gasteiger partial charge is 0.474 e. The summed E-state index contributed by atoms with van der Waals surface area (Å²) in [6, 6.07) is 14.8. The molecule has 1 atom stereocenters. The number of hydrogen-bond acceptors (Lipinski definition) is 3. The number of benzene rings is 2. The molecule has 4 nitrogen and oxygen atoms in total. The van der Waals surface area contributed by atoms with Crippen LogP contribution in [0.3, 0.4) is 0 Å². The Labute approximate surface area is 111 Å². The van der Waals surface area contributed by atoms with E-state index in [0.717, 1.165) is 11.3 Å². The summed E-state index contributed by atoms with van der Waals surface area (Å²) in [6.45, 7) is 0. The first-order valence-corrected chi connectivity index (χ1v) is 6.05. The molecule has 0 radical (unpaired) electrons. The number of fused-ring (bicyclic) bond motifs is 1. The number of amides is 1. The molecule has 0 spiro atoms. The van der Waals surface area contributed by atoms with Gasteiger partial charge in [-0.15, -0.1) is 0 Å². The van der Waals surface area contributed by atoms with Crippen molar-refractivity contribution in [1.29, 1.82) is 0 Å². The standard InChI is InChI=1S/C15H14N2O2/c1-17-12-8-7-11(16)9-13(12)19-14(15(17)18)10-5-3-2-4-6-10/h2-9,14H,16H2,1H3. The van der Waals surface area contributed by atoms with Gasteiger partial charge in [-0.3, -0.25) is 4.79 Å². The van der Waals surface area contributed by atoms with E-state index in [9.17, 15) is 4.79 Å². The highest BCUT2D eigenvalue weighted by Gasteiger charge is 2.33. The maximum absolute atomic E-state index is 12.3. The van der Waals surface area contributed by atoms with Gasteiger partial charge in [0.2, 0.25) is 6.10 Å². The molecule has 1 aliphatic heterocycles. The Hall–Kier alpha value is -2.49. The molecule has 1 aliphatic rings. The van der Waals surface area contributed by atoms with Crippen molar-refractivity contribution >= 4 is 17.3 Å². The van der Waals surface area contributed by atoms with Crippen LogP contribution < -0.4 is 15.4 Å². The first-order valence-electron chi connectivity index (χ1n) is 6.05. The van der Waals surface area contributed by atoms with Crippen molar-refractivity contribution in [3.05, 3.63) is 54.1 Å². The summed E-state index contributed by atoms with van der Waals surface area (Å²) in [5, 5.41) is 0. The van der Waals surface area contributed by atoms with E-state index in [1.807, 2.05) is 30.3 Å². The molecule has 1 heterocycles. The number of anilines is 2. The zero-order chi connectivity index (χ0) is 13.4. The van der Waals surface area contributed by atoms with E-state index in [4.69, 9.17) is 10.5 Å². The van der Waals surface area contributed by atoms with Gasteiger partial charge in [-0.05, 0) is 12.1 Å². The summed E-state index contributed by atoms with van der Waals surface area (Å²) in [5.41, 5.74) is 7.96. The summed E-state index contributed by atoms with van der Waals surface area (Å²) in [6.07, 6.45) is -0.611. The monoisotopic (exact) mass is 254 g/mol. The van der Waals surface area contributed by atoms with Gasteiger partial charge in [0.25, 0.3) is 5.91 Å². The van der Waals surface area contributed by atoms with Crippen molar-refractivity contribution in [2.75, 3.05) is 17.7 Å². The molecule has 0 saturated carbocycles. The van der Waals surface area contributed by atoms with Crippen LogP contribution in [-0.2, 0) is 4.79 Å². The molecule has 0 fully saturated rings. The zero-order valence-electron chi connectivity index (χ0n) is 10.5. The number of nitrogens with zero attached hydrogens (tertiary/aromatic N) is 1. The highest BCUT2D eigenvalue weighted by atomic mass is 16.5. The van der Waals surface area contributed by atoms with Crippen LogP contribution in [0, 0.1) is 0 Å². The third kappa shape index (κ3) is 1.91. The predicted octanol–water partition coefficient (Wildman–Crippen LogP) is 2.37. The van der Waals surface area contributed by atoms with E-state index in [-0.39, 0.29) is 5.91 Å². The first kappa shape index (κ1) is 11.6. The molecule has 0 aromatic heterocycles. The fraction of sp³-hybridized carbons (Fsp3) is 0.133. The van der Waals surface area contributed by atoms with Crippen molar-refractivity contribution < 1.29 is 9.53 Å². The average molecular weight is 254 g/mol. The van der Waals surface area contributed by atoms with Crippen LogP contribution in [0.2, 0.25) is 0 Å². The Bertz CT molecular complexity index is 625.